The molecular formula is C14H23N3O. The first-order valence-corrected chi connectivity index (χ1v) is 7.16. The quantitative estimate of drug-likeness (QED) is 0.788. The van der Waals surface area contributed by atoms with Crippen molar-refractivity contribution in [3.63, 3.8) is 0 Å². The lowest BCUT2D eigenvalue weighted by atomic mass is 10.1. The summed E-state index contributed by atoms with van der Waals surface area (Å²) in [5, 5.41) is 7.71. The monoisotopic (exact) mass is 249 g/mol. The number of rotatable bonds is 6. The van der Waals surface area contributed by atoms with Crippen LogP contribution in [0, 0.1) is 0 Å². The summed E-state index contributed by atoms with van der Waals surface area (Å²) in [6.07, 6.45) is 8.14. The maximum Gasteiger partial charge on any atom is 0.268 e. The normalized spacial score (nSPS) is 14.1. The van der Waals surface area contributed by atoms with E-state index in [9.17, 15) is 4.79 Å². The Morgan fingerprint density at radius 2 is 2.17 bits per heavy atom. The lowest BCUT2D eigenvalue weighted by Crippen LogP contribution is -2.27. The first kappa shape index (κ1) is 13.1. The van der Waals surface area contributed by atoms with E-state index >= 15 is 0 Å². The fourth-order valence-electron chi connectivity index (χ4n) is 2.37. The number of hydrogen-bond acceptors (Lipinski definition) is 3. The van der Waals surface area contributed by atoms with Crippen LogP contribution < -0.4 is 10.9 Å². The molecule has 1 aliphatic heterocycles. The van der Waals surface area contributed by atoms with E-state index in [1.54, 1.807) is 10.7 Å². The minimum atomic E-state index is 0.0265. The molecule has 1 N–H and O–H groups in total. The van der Waals surface area contributed by atoms with Crippen LogP contribution in [-0.4, -0.2) is 16.3 Å². The fraction of sp³-hybridized carbons (Fsp3) is 0.714. The lowest BCUT2D eigenvalue weighted by molar-refractivity contribution is 0.504. The number of nitrogens with one attached hydrogen (secondary N) is 1. The maximum atomic E-state index is 11.9. The summed E-state index contributed by atoms with van der Waals surface area (Å²) >= 11 is 0. The number of unbranched alkanes of at least 4 members (excludes halogenated alkanes) is 4. The molecule has 18 heavy (non-hydrogen) atoms. The van der Waals surface area contributed by atoms with Crippen LogP contribution in [-0.2, 0) is 13.0 Å². The Balaban J connectivity index is 1.94. The number of aromatic nitrogens is 2. The van der Waals surface area contributed by atoms with Crippen LogP contribution in [0.1, 0.15) is 51.1 Å². The summed E-state index contributed by atoms with van der Waals surface area (Å²) in [4.78, 5) is 11.9. The summed E-state index contributed by atoms with van der Waals surface area (Å²) in [5.41, 5.74) is 2.02. The molecule has 2 heterocycles. The highest BCUT2D eigenvalue weighted by Crippen LogP contribution is 2.16. The molecule has 0 radical (unpaired) electrons. The van der Waals surface area contributed by atoms with Gasteiger partial charge < -0.3 is 5.32 Å². The van der Waals surface area contributed by atoms with Crippen LogP contribution in [0.15, 0.2) is 10.9 Å². The molecule has 0 fully saturated rings. The van der Waals surface area contributed by atoms with Gasteiger partial charge in [-0.05, 0) is 19.3 Å². The zero-order valence-corrected chi connectivity index (χ0v) is 11.2. The molecule has 0 amide bonds. The first-order chi connectivity index (χ1) is 8.81. The van der Waals surface area contributed by atoms with E-state index in [-0.39, 0.29) is 5.56 Å². The zero-order chi connectivity index (χ0) is 12.8. The van der Waals surface area contributed by atoms with E-state index in [4.69, 9.17) is 0 Å². The van der Waals surface area contributed by atoms with Crippen molar-refractivity contribution in [1.29, 1.82) is 0 Å². The molecular weight excluding hydrogens is 226 g/mol. The molecule has 0 aromatic carbocycles. The third-order valence-electron chi connectivity index (χ3n) is 3.45. The van der Waals surface area contributed by atoms with Crippen molar-refractivity contribution in [3.8, 4) is 0 Å². The molecule has 1 aromatic heterocycles. The molecule has 0 bridgehead atoms. The van der Waals surface area contributed by atoms with E-state index in [1.807, 2.05) is 0 Å². The van der Waals surface area contributed by atoms with Gasteiger partial charge in [0.05, 0.1) is 11.4 Å². The predicted octanol–water partition coefficient (Wildman–Crippen LogP) is 2.57. The van der Waals surface area contributed by atoms with Crippen molar-refractivity contribution in [2.24, 2.45) is 0 Å². The number of aryl methyl sites for hydroxylation is 2. The molecule has 0 aliphatic carbocycles. The average Bonchev–Trinajstić information content (AvgIpc) is 2.39. The number of hydrogen-bond donors (Lipinski definition) is 1. The summed E-state index contributed by atoms with van der Waals surface area (Å²) in [6.45, 7) is 3.92. The minimum absolute atomic E-state index is 0.0265. The van der Waals surface area contributed by atoms with Crippen LogP contribution in [0.3, 0.4) is 0 Å². The summed E-state index contributed by atoms with van der Waals surface area (Å²) in [6, 6.07) is 1.70. The smallest absolute Gasteiger partial charge is 0.268 e. The van der Waals surface area contributed by atoms with E-state index in [0.29, 0.717) is 0 Å². The Bertz CT molecular complexity index is 439. The molecule has 1 aliphatic rings. The van der Waals surface area contributed by atoms with Gasteiger partial charge in [-0.3, -0.25) is 4.79 Å². The van der Waals surface area contributed by atoms with Gasteiger partial charge in [0.2, 0.25) is 0 Å². The molecule has 100 valence electrons. The van der Waals surface area contributed by atoms with Crippen LogP contribution in [0.2, 0.25) is 0 Å². The summed E-state index contributed by atoms with van der Waals surface area (Å²) < 4.78 is 1.64. The second-order valence-corrected chi connectivity index (χ2v) is 5.01. The molecule has 2 rings (SSSR count). The van der Waals surface area contributed by atoms with Gasteiger partial charge in [-0.1, -0.05) is 32.6 Å². The van der Waals surface area contributed by atoms with E-state index in [0.717, 1.165) is 43.7 Å². The van der Waals surface area contributed by atoms with Gasteiger partial charge in [-0.25, -0.2) is 4.68 Å². The number of anilines is 1. The topological polar surface area (TPSA) is 46.9 Å². The zero-order valence-electron chi connectivity index (χ0n) is 11.2. The SMILES string of the molecule is CCCCCCCn1nc2c(cc1=O)NCCC2. The van der Waals surface area contributed by atoms with Gasteiger partial charge in [-0.15, -0.1) is 0 Å². The Kier molecular flexibility index (Phi) is 4.79. The second kappa shape index (κ2) is 6.57. The lowest BCUT2D eigenvalue weighted by Gasteiger charge is -2.17. The largest absolute Gasteiger partial charge is 0.383 e. The Hall–Kier alpha value is -1.32. The number of fused-ring (bicyclic) bond motifs is 1. The van der Waals surface area contributed by atoms with Crippen LogP contribution in [0.5, 0.6) is 0 Å². The molecule has 0 atom stereocenters. The van der Waals surface area contributed by atoms with Crippen LogP contribution in [0.25, 0.3) is 0 Å². The summed E-state index contributed by atoms with van der Waals surface area (Å²) in [5.74, 6) is 0. The van der Waals surface area contributed by atoms with Gasteiger partial charge in [-0.2, -0.15) is 5.10 Å². The van der Waals surface area contributed by atoms with Crippen molar-refractivity contribution in [3.05, 3.63) is 22.1 Å². The first-order valence-electron chi connectivity index (χ1n) is 7.16. The van der Waals surface area contributed by atoms with E-state index < -0.39 is 0 Å². The Labute approximate surface area is 108 Å². The molecule has 4 nitrogen and oxygen atoms in total. The highest BCUT2D eigenvalue weighted by atomic mass is 16.1. The third kappa shape index (κ3) is 3.34. The van der Waals surface area contributed by atoms with E-state index in [2.05, 4.69) is 17.3 Å². The Morgan fingerprint density at radius 3 is 3.00 bits per heavy atom. The molecule has 0 spiro atoms. The highest BCUT2D eigenvalue weighted by Gasteiger charge is 2.12. The molecule has 4 heteroatoms. The van der Waals surface area contributed by atoms with Crippen molar-refractivity contribution >= 4 is 5.69 Å². The standard InChI is InChI=1S/C14H23N3O/c1-2-3-4-5-6-10-17-14(18)11-13-12(16-17)8-7-9-15-13/h11,15H,2-10H2,1H3. The van der Waals surface area contributed by atoms with Gasteiger partial charge >= 0.3 is 0 Å². The third-order valence-corrected chi connectivity index (χ3v) is 3.45. The maximum absolute atomic E-state index is 11.9. The van der Waals surface area contributed by atoms with Gasteiger partial charge in [0.1, 0.15) is 0 Å². The molecule has 1 aromatic rings. The average molecular weight is 249 g/mol. The fourth-order valence-corrected chi connectivity index (χ4v) is 2.37. The van der Waals surface area contributed by atoms with Crippen LogP contribution >= 0.6 is 0 Å². The van der Waals surface area contributed by atoms with Gasteiger partial charge in [0.25, 0.3) is 5.56 Å². The van der Waals surface area contributed by atoms with Crippen LogP contribution in [0.4, 0.5) is 5.69 Å². The number of nitrogens with zero attached hydrogens (tertiary/aromatic N) is 2. The minimum Gasteiger partial charge on any atom is -0.383 e. The molecule has 0 unspecified atom stereocenters. The van der Waals surface area contributed by atoms with E-state index in [1.165, 1.54) is 25.7 Å². The van der Waals surface area contributed by atoms with Gasteiger partial charge in [0.15, 0.2) is 0 Å². The highest BCUT2D eigenvalue weighted by molar-refractivity contribution is 5.48. The van der Waals surface area contributed by atoms with Crippen molar-refractivity contribution in [1.82, 2.24) is 9.78 Å². The van der Waals surface area contributed by atoms with Gasteiger partial charge in [0, 0.05) is 19.2 Å². The summed E-state index contributed by atoms with van der Waals surface area (Å²) in [7, 11) is 0. The molecule has 0 saturated carbocycles. The molecule has 0 saturated heterocycles. The van der Waals surface area contributed by atoms with Crippen molar-refractivity contribution < 1.29 is 0 Å². The van der Waals surface area contributed by atoms with Crippen molar-refractivity contribution in [2.75, 3.05) is 11.9 Å². The second-order valence-electron chi connectivity index (χ2n) is 5.01. The Morgan fingerprint density at radius 1 is 1.33 bits per heavy atom. The van der Waals surface area contributed by atoms with Crippen molar-refractivity contribution in [2.45, 2.75) is 58.4 Å². The predicted molar refractivity (Wildman–Crippen MR) is 74.1 cm³/mol.